The van der Waals surface area contributed by atoms with Crippen LogP contribution in [0.1, 0.15) is 24.7 Å². The molecule has 0 N–H and O–H groups in total. The van der Waals surface area contributed by atoms with Gasteiger partial charge in [0.25, 0.3) is 5.69 Å². The Morgan fingerprint density at radius 1 is 1.45 bits per heavy atom. The molecule has 20 heavy (non-hydrogen) atoms. The number of benzene rings is 1. The molecule has 0 saturated carbocycles. The summed E-state index contributed by atoms with van der Waals surface area (Å²) in [5.41, 5.74) is 1.26. The first-order valence-electron chi connectivity index (χ1n) is 6.48. The topological polar surface area (TPSA) is 70.2 Å². The van der Waals surface area contributed by atoms with Gasteiger partial charge in [-0.15, -0.1) is 0 Å². The quantitative estimate of drug-likeness (QED) is 0.630. The predicted octanol–water partition coefficient (Wildman–Crippen LogP) is 3.26. The number of nitro benzene ring substituents is 1. The zero-order valence-electron chi connectivity index (χ0n) is 11.0. The molecule has 1 saturated heterocycles. The van der Waals surface area contributed by atoms with Gasteiger partial charge in [-0.1, -0.05) is 11.6 Å². The maximum Gasteiger partial charge on any atom is 0.290 e. The Labute approximate surface area is 120 Å². The van der Waals surface area contributed by atoms with E-state index in [1.807, 2.05) is 6.92 Å². The summed E-state index contributed by atoms with van der Waals surface area (Å²) in [4.78, 5) is 14.9. The van der Waals surface area contributed by atoms with E-state index < -0.39 is 4.92 Å². The maximum atomic E-state index is 10.9. The van der Waals surface area contributed by atoms with Crippen molar-refractivity contribution in [2.24, 2.45) is 0 Å². The van der Waals surface area contributed by atoms with Gasteiger partial charge in [-0.05, 0) is 25.8 Å². The second-order valence-corrected chi connectivity index (χ2v) is 5.27. The van der Waals surface area contributed by atoms with Gasteiger partial charge in [0.05, 0.1) is 10.4 Å². The standard InChI is InChI=1S/C13H14ClN3O3/c1-8-15-13-11(3-2-10(12(13)14)17(18)19)16(8)9-4-6-20-7-5-9/h2-3,9H,4-7H2,1H3. The fourth-order valence-electron chi connectivity index (χ4n) is 2.78. The van der Waals surface area contributed by atoms with Crippen LogP contribution in [-0.2, 0) is 4.74 Å². The molecule has 0 unspecified atom stereocenters. The van der Waals surface area contributed by atoms with Crippen molar-refractivity contribution in [3.63, 3.8) is 0 Å². The number of halogens is 1. The first kappa shape index (κ1) is 13.3. The number of rotatable bonds is 2. The van der Waals surface area contributed by atoms with Gasteiger partial charge in [0, 0.05) is 25.3 Å². The minimum Gasteiger partial charge on any atom is -0.381 e. The Bertz CT molecular complexity index is 677. The number of ether oxygens (including phenoxy) is 1. The third-order valence-electron chi connectivity index (χ3n) is 3.71. The summed E-state index contributed by atoms with van der Waals surface area (Å²) in [5.74, 6) is 0.828. The third-order valence-corrected chi connectivity index (χ3v) is 4.08. The van der Waals surface area contributed by atoms with E-state index in [2.05, 4.69) is 9.55 Å². The largest absolute Gasteiger partial charge is 0.381 e. The van der Waals surface area contributed by atoms with Crippen LogP contribution in [-0.4, -0.2) is 27.7 Å². The number of fused-ring (bicyclic) bond motifs is 1. The summed E-state index contributed by atoms with van der Waals surface area (Å²) in [6.07, 6.45) is 1.84. The van der Waals surface area contributed by atoms with Crippen LogP contribution in [0.5, 0.6) is 0 Å². The number of nitrogens with zero attached hydrogens (tertiary/aromatic N) is 3. The number of hydrogen-bond acceptors (Lipinski definition) is 4. The average Bonchev–Trinajstić information content (AvgIpc) is 2.77. The fraction of sp³-hybridized carbons (Fsp3) is 0.462. The van der Waals surface area contributed by atoms with E-state index in [0.717, 1.165) is 37.4 Å². The Balaban J connectivity index is 2.16. The molecule has 6 nitrogen and oxygen atoms in total. The normalized spacial score (nSPS) is 16.7. The van der Waals surface area contributed by atoms with Gasteiger partial charge in [0.15, 0.2) is 0 Å². The van der Waals surface area contributed by atoms with Crippen LogP contribution >= 0.6 is 11.6 Å². The molecule has 1 aromatic carbocycles. The van der Waals surface area contributed by atoms with Gasteiger partial charge >= 0.3 is 0 Å². The number of hydrogen-bond donors (Lipinski definition) is 0. The lowest BCUT2D eigenvalue weighted by Crippen LogP contribution is -2.20. The summed E-state index contributed by atoms with van der Waals surface area (Å²) in [5, 5.41) is 11.0. The molecular weight excluding hydrogens is 282 g/mol. The fourth-order valence-corrected chi connectivity index (χ4v) is 3.05. The van der Waals surface area contributed by atoms with E-state index in [0.29, 0.717) is 11.6 Å². The van der Waals surface area contributed by atoms with Crippen molar-refractivity contribution in [3.8, 4) is 0 Å². The lowest BCUT2D eigenvalue weighted by molar-refractivity contribution is -0.384. The first-order chi connectivity index (χ1) is 9.59. The molecule has 0 atom stereocenters. The Kier molecular flexibility index (Phi) is 3.35. The Morgan fingerprint density at radius 3 is 2.80 bits per heavy atom. The molecule has 0 amide bonds. The molecule has 1 aliphatic rings. The van der Waals surface area contributed by atoms with Crippen LogP contribution in [0.25, 0.3) is 11.0 Å². The molecule has 106 valence electrons. The van der Waals surface area contributed by atoms with E-state index in [4.69, 9.17) is 16.3 Å². The zero-order valence-corrected chi connectivity index (χ0v) is 11.8. The van der Waals surface area contributed by atoms with Crippen molar-refractivity contribution >= 4 is 28.3 Å². The molecule has 0 radical (unpaired) electrons. The van der Waals surface area contributed by atoms with Crippen LogP contribution in [0.15, 0.2) is 12.1 Å². The first-order valence-corrected chi connectivity index (χ1v) is 6.86. The average molecular weight is 296 g/mol. The van der Waals surface area contributed by atoms with Gasteiger partial charge in [0.1, 0.15) is 16.4 Å². The van der Waals surface area contributed by atoms with Crippen molar-refractivity contribution < 1.29 is 9.66 Å². The molecule has 1 aromatic heterocycles. The lowest BCUT2D eigenvalue weighted by atomic mass is 10.1. The second-order valence-electron chi connectivity index (χ2n) is 4.90. The van der Waals surface area contributed by atoms with Crippen molar-refractivity contribution in [2.75, 3.05) is 13.2 Å². The summed E-state index contributed by atoms with van der Waals surface area (Å²) < 4.78 is 7.49. The van der Waals surface area contributed by atoms with E-state index in [-0.39, 0.29) is 10.7 Å². The highest BCUT2D eigenvalue weighted by atomic mass is 35.5. The van der Waals surface area contributed by atoms with Crippen molar-refractivity contribution in [2.45, 2.75) is 25.8 Å². The van der Waals surface area contributed by atoms with E-state index in [1.54, 1.807) is 6.07 Å². The highest BCUT2D eigenvalue weighted by molar-refractivity contribution is 6.37. The molecule has 0 aliphatic carbocycles. The molecule has 7 heteroatoms. The van der Waals surface area contributed by atoms with Crippen molar-refractivity contribution in [3.05, 3.63) is 33.1 Å². The molecule has 2 aromatic rings. The Hall–Kier alpha value is -1.66. The SMILES string of the molecule is Cc1nc2c(Cl)c([N+](=O)[O-])ccc2n1C1CCOCC1. The zero-order chi connectivity index (χ0) is 14.3. The van der Waals surface area contributed by atoms with Crippen LogP contribution in [0.3, 0.4) is 0 Å². The highest BCUT2D eigenvalue weighted by Crippen LogP contribution is 2.35. The number of aryl methyl sites for hydroxylation is 1. The molecule has 0 spiro atoms. The van der Waals surface area contributed by atoms with Gasteiger partial charge < -0.3 is 9.30 Å². The highest BCUT2D eigenvalue weighted by Gasteiger charge is 2.24. The van der Waals surface area contributed by atoms with E-state index in [1.165, 1.54) is 6.07 Å². The van der Waals surface area contributed by atoms with Crippen LogP contribution in [0.2, 0.25) is 5.02 Å². The minimum atomic E-state index is -0.482. The summed E-state index contributed by atoms with van der Waals surface area (Å²) in [7, 11) is 0. The second kappa shape index (κ2) is 5.03. The molecule has 3 rings (SSSR count). The van der Waals surface area contributed by atoms with Crippen molar-refractivity contribution in [1.82, 2.24) is 9.55 Å². The van der Waals surface area contributed by atoms with Gasteiger partial charge in [-0.25, -0.2) is 4.98 Å². The summed E-state index contributed by atoms with van der Waals surface area (Å²) >= 11 is 6.12. The summed E-state index contributed by atoms with van der Waals surface area (Å²) in [6.45, 7) is 3.35. The van der Waals surface area contributed by atoms with Gasteiger partial charge in [0.2, 0.25) is 0 Å². The number of nitro groups is 1. The van der Waals surface area contributed by atoms with Crippen LogP contribution in [0, 0.1) is 17.0 Å². The monoisotopic (exact) mass is 295 g/mol. The van der Waals surface area contributed by atoms with Gasteiger partial charge in [-0.2, -0.15) is 0 Å². The molecule has 1 aliphatic heterocycles. The smallest absolute Gasteiger partial charge is 0.290 e. The molecular formula is C13H14ClN3O3. The Morgan fingerprint density at radius 2 is 2.15 bits per heavy atom. The third kappa shape index (κ3) is 2.05. The van der Waals surface area contributed by atoms with Crippen molar-refractivity contribution in [1.29, 1.82) is 0 Å². The number of imidazole rings is 1. The molecule has 2 heterocycles. The molecule has 0 bridgehead atoms. The predicted molar refractivity (Wildman–Crippen MR) is 75.2 cm³/mol. The molecule has 1 fully saturated rings. The van der Waals surface area contributed by atoms with E-state index >= 15 is 0 Å². The van der Waals surface area contributed by atoms with Crippen LogP contribution < -0.4 is 0 Å². The lowest BCUT2D eigenvalue weighted by Gasteiger charge is -2.25. The van der Waals surface area contributed by atoms with Crippen LogP contribution in [0.4, 0.5) is 5.69 Å². The maximum absolute atomic E-state index is 10.9. The number of aromatic nitrogens is 2. The van der Waals surface area contributed by atoms with E-state index in [9.17, 15) is 10.1 Å². The summed E-state index contributed by atoms with van der Waals surface area (Å²) in [6, 6.07) is 3.49. The van der Waals surface area contributed by atoms with Gasteiger partial charge in [-0.3, -0.25) is 10.1 Å². The minimum absolute atomic E-state index is 0.101.